The van der Waals surface area contributed by atoms with Crippen molar-refractivity contribution >= 4 is 24.1 Å². The van der Waals surface area contributed by atoms with Gasteiger partial charge in [0.25, 0.3) is 0 Å². The zero-order valence-electron chi connectivity index (χ0n) is 12.8. The van der Waals surface area contributed by atoms with Gasteiger partial charge in [0.05, 0.1) is 0 Å². The van der Waals surface area contributed by atoms with E-state index in [0.29, 0.717) is 0 Å². The zero-order valence-corrected chi connectivity index (χ0v) is 14.5. The van der Waals surface area contributed by atoms with Crippen LogP contribution >= 0.6 is 18.1 Å². The first-order valence-electron chi connectivity index (χ1n) is 7.09. The van der Waals surface area contributed by atoms with Gasteiger partial charge < -0.3 is 9.26 Å². The molecule has 2 rings (SSSR count). The second kappa shape index (κ2) is 8.29. The van der Waals surface area contributed by atoms with Crippen LogP contribution in [-0.4, -0.2) is 12.0 Å². The van der Waals surface area contributed by atoms with Gasteiger partial charge in [-0.2, -0.15) is 0 Å². The molecule has 0 bridgehead atoms. The zero-order chi connectivity index (χ0) is 17.6. The third-order valence-electron chi connectivity index (χ3n) is 2.96. The highest BCUT2D eigenvalue weighted by molar-refractivity contribution is 7.84. The molecule has 0 aliphatic carbocycles. The molecule has 1 unspecified atom stereocenters. The summed E-state index contributed by atoms with van der Waals surface area (Å²) in [5.74, 6) is -0.966. The topological polar surface area (TPSA) is 64.6 Å². The Bertz CT molecular complexity index is 727. The summed E-state index contributed by atoms with van der Waals surface area (Å²) in [5, 5.41) is 2.39. The average Bonchev–Trinajstić information content (AvgIpc) is 2.55. The number of hydrogen-bond acceptors (Lipinski definition) is 4. The predicted octanol–water partition coefficient (Wildman–Crippen LogP) is 4.27. The van der Waals surface area contributed by atoms with Crippen molar-refractivity contribution < 1.29 is 23.0 Å². The van der Waals surface area contributed by atoms with Crippen LogP contribution in [-0.2, 0) is 20.7 Å². The second-order valence-corrected chi connectivity index (χ2v) is 7.70. The molecule has 5 nitrogen and oxygen atoms in total. The molecule has 0 saturated heterocycles. The molecule has 2 aromatic carbocycles. The number of benzene rings is 2. The molecule has 0 aromatic heterocycles. The van der Waals surface area contributed by atoms with Gasteiger partial charge in [0.1, 0.15) is 24.2 Å². The number of esters is 1. The largest absolute Gasteiger partial charge is 0.460 e. The van der Waals surface area contributed by atoms with Gasteiger partial charge in [0, 0.05) is 11.2 Å². The van der Waals surface area contributed by atoms with Crippen molar-refractivity contribution in [2.24, 2.45) is 0 Å². The van der Waals surface area contributed by atoms with Gasteiger partial charge in [-0.1, -0.05) is 30.3 Å². The number of hydrogen-bond donors (Lipinski definition) is 1. The number of ether oxygens (including phenoxy) is 1. The number of halogens is 2. The van der Waals surface area contributed by atoms with Gasteiger partial charge in [-0.05, 0) is 36.8 Å². The fourth-order valence-electron chi connectivity index (χ4n) is 1.80. The summed E-state index contributed by atoms with van der Waals surface area (Å²) >= 11 is 5.79. The van der Waals surface area contributed by atoms with Crippen molar-refractivity contribution in [3.05, 3.63) is 66.0 Å². The Balaban J connectivity index is 1.87. The van der Waals surface area contributed by atoms with Crippen molar-refractivity contribution in [2.45, 2.75) is 19.6 Å². The smallest absolute Gasteiger partial charge is 0.409 e. The average molecular weight is 372 g/mol. The maximum atomic E-state index is 12.8. The predicted molar refractivity (Wildman–Crippen MR) is 89.3 cm³/mol. The van der Waals surface area contributed by atoms with Crippen molar-refractivity contribution in [2.75, 3.05) is 0 Å². The van der Waals surface area contributed by atoms with E-state index in [1.165, 1.54) is 19.1 Å². The third kappa shape index (κ3) is 5.96. The van der Waals surface area contributed by atoms with Crippen molar-refractivity contribution in [1.82, 2.24) is 5.09 Å². The summed E-state index contributed by atoms with van der Waals surface area (Å²) in [5.41, 5.74) is 0.828. The lowest BCUT2D eigenvalue weighted by Crippen LogP contribution is -2.33. The lowest BCUT2D eigenvalue weighted by atomic mass is 10.2. The van der Waals surface area contributed by atoms with Crippen LogP contribution in [0.15, 0.2) is 54.6 Å². The first kappa shape index (κ1) is 18.5. The van der Waals surface area contributed by atoms with Gasteiger partial charge in [-0.15, -0.1) is 0 Å². The summed E-state index contributed by atoms with van der Waals surface area (Å²) in [6.07, 6.45) is 0. The highest BCUT2D eigenvalue weighted by Crippen LogP contribution is 2.48. The Labute approximate surface area is 144 Å². The summed E-state index contributed by atoms with van der Waals surface area (Å²) in [4.78, 5) is 11.9. The number of carbonyl (C=O) groups excluding carboxylic acids is 1. The Morgan fingerprint density at radius 1 is 1.21 bits per heavy atom. The Kier molecular flexibility index (Phi) is 6.37. The molecule has 128 valence electrons. The molecule has 0 saturated carbocycles. The van der Waals surface area contributed by atoms with Crippen LogP contribution in [0.25, 0.3) is 0 Å². The molecule has 0 fully saturated rings. The maximum absolute atomic E-state index is 12.8. The van der Waals surface area contributed by atoms with Crippen molar-refractivity contribution in [1.29, 1.82) is 0 Å². The van der Waals surface area contributed by atoms with Crippen LogP contribution in [0.1, 0.15) is 12.5 Å². The summed E-state index contributed by atoms with van der Waals surface area (Å²) in [6, 6.07) is 13.0. The molecule has 0 aliphatic heterocycles. The lowest BCUT2D eigenvalue weighted by molar-refractivity contribution is -0.146. The summed E-state index contributed by atoms with van der Waals surface area (Å²) in [7, 11) is 0. The van der Waals surface area contributed by atoms with E-state index >= 15 is 0 Å². The van der Waals surface area contributed by atoms with Crippen LogP contribution < -0.4 is 9.61 Å². The van der Waals surface area contributed by atoms with E-state index in [9.17, 15) is 13.8 Å². The first-order valence-corrected chi connectivity index (χ1v) is 9.62. The quantitative estimate of drug-likeness (QED) is 0.581. The van der Waals surface area contributed by atoms with E-state index < -0.39 is 24.7 Å². The molecule has 2 atom stereocenters. The fraction of sp³-hybridized carbons (Fsp3) is 0.188. The molecule has 0 aliphatic rings. The number of nitrogens with one attached hydrogen (secondary N) is 1. The first-order chi connectivity index (χ1) is 11.4. The van der Waals surface area contributed by atoms with E-state index in [1.807, 2.05) is 30.3 Å². The molecule has 0 heterocycles. The molecule has 2 aromatic rings. The third-order valence-corrected chi connectivity index (χ3v) is 4.60. The molecular formula is C16H16ClFNO4P. The Morgan fingerprint density at radius 3 is 2.46 bits per heavy atom. The standard InChI is InChI=1S/C16H16ClFNO4P/c1-12(16(20)22-11-13-5-3-2-4-6-13)19-24(17,21)23-15-9-7-14(18)8-10-15/h2-10,12H,11H2,1H3,(H,19,21)/t12-,24?/m0/s1. The van der Waals surface area contributed by atoms with Crippen LogP contribution in [0.4, 0.5) is 4.39 Å². The monoisotopic (exact) mass is 371 g/mol. The molecule has 1 N–H and O–H groups in total. The van der Waals surface area contributed by atoms with E-state index in [1.54, 1.807) is 0 Å². The van der Waals surface area contributed by atoms with E-state index in [4.69, 9.17) is 20.5 Å². The Morgan fingerprint density at radius 2 is 1.83 bits per heavy atom. The molecule has 0 spiro atoms. The van der Waals surface area contributed by atoms with Crippen molar-refractivity contribution in [3.63, 3.8) is 0 Å². The van der Waals surface area contributed by atoms with E-state index in [0.717, 1.165) is 17.7 Å². The highest BCUT2D eigenvalue weighted by Gasteiger charge is 2.28. The van der Waals surface area contributed by atoms with Crippen LogP contribution in [0, 0.1) is 5.82 Å². The molecule has 24 heavy (non-hydrogen) atoms. The minimum Gasteiger partial charge on any atom is -0.460 e. The molecule has 0 amide bonds. The van der Waals surface area contributed by atoms with Gasteiger partial charge in [0.2, 0.25) is 0 Å². The molecule has 8 heteroatoms. The fourth-order valence-corrected chi connectivity index (χ4v) is 3.49. The molecule has 0 radical (unpaired) electrons. The summed E-state index contributed by atoms with van der Waals surface area (Å²) < 4.78 is 35.2. The minimum absolute atomic E-state index is 0.0943. The minimum atomic E-state index is -3.84. The summed E-state index contributed by atoms with van der Waals surface area (Å²) in [6.45, 7) is -2.29. The van der Waals surface area contributed by atoms with Crippen LogP contribution in [0.5, 0.6) is 5.75 Å². The lowest BCUT2D eigenvalue weighted by Gasteiger charge is -2.18. The maximum Gasteiger partial charge on any atom is 0.409 e. The van der Waals surface area contributed by atoms with Gasteiger partial charge in [-0.25, -0.2) is 14.0 Å². The number of carbonyl (C=O) groups is 1. The van der Waals surface area contributed by atoms with Gasteiger partial charge in [-0.3, -0.25) is 4.79 Å². The normalized spacial score (nSPS) is 14.5. The Hall–Kier alpha value is -1.88. The SMILES string of the molecule is C[C@H](NP(=O)(Cl)Oc1ccc(F)cc1)C(=O)OCc1ccccc1. The highest BCUT2D eigenvalue weighted by atomic mass is 35.7. The van der Waals surface area contributed by atoms with Crippen LogP contribution in [0.3, 0.4) is 0 Å². The van der Waals surface area contributed by atoms with Crippen molar-refractivity contribution in [3.8, 4) is 5.75 Å². The van der Waals surface area contributed by atoms with Gasteiger partial charge in [0.15, 0.2) is 0 Å². The van der Waals surface area contributed by atoms with E-state index in [-0.39, 0.29) is 12.4 Å². The molecular weight excluding hydrogens is 356 g/mol. The van der Waals surface area contributed by atoms with E-state index in [2.05, 4.69) is 5.09 Å². The van der Waals surface area contributed by atoms with Crippen LogP contribution in [0.2, 0.25) is 0 Å². The second-order valence-electron chi connectivity index (χ2n) is 4.97. The van der Waals surface area contributed by atoms with Gasteiger partial charge >= 0.3 is 12.8 Å². The number of rotatable bonds is 7.